The quantitative estimate of drug-likeness (QED) is 0.240. The van der Waals surface area contributed by atoms with E-state index in [9.17, 15) is 18.0 Å². The van der Waals surface area contributed by atoms with Crippen LogP contribution in [0.15, 0.2) is 76.6 Å². The summed E-state index contributed by atoms with van der Waals surface area (Å²) in [5, 5.41) is 4.00. The van der Waals surface area contributed by atoms with Crippen LogP contribution in [-0.4, -0.2) is 119 Å². The average molecular weight is 776 g/mol. The molecule has 1 N–H and O–H groups in total. The molecule has 5 rings (SSSR count). The van der Waals surface area contributed by atoms with E-state index in [0.29, 0.717) is 54.1 Å². The molecule has 2 heterocycles. The van der Waals surface area contributed by atoms with Gasteiger partial charge in [-0.1, -0.05) is 51.9 Å². The number of nitrogens with one attached hydrogen (secondary N) is 1. The van der Waals surface area contributed by atoms with E-state index in [-0.39, 0.29) is 41.9 Å². The van der Waals surface area contributed by atoms with Crippen LogP contribution in [0.3, 0.4) is 0 Å². The van der Waals surface area contributed by atoms with Gasteiger partial charge in [-0.15, -0.1) is 0 Å². The van der Waals surface area contributed by atoms with Crippen molar-refractivity contribution in [2.45, 2.75) is 36.9 Å². The van der Waals surface area contributed by atoms with E-state index in [1.807, 2.05) is 43.0 Å². The van der Waals surface area contributed by atoms with Gasteiger partial charge in [0.2, 0.25) is 5.91 Å². The van der Waals surface area contributed by atoms with Crippen molar-refractivity contribution in [1.29, 1.82) is 0 Å². The molecule has 16 heteroatoms. The molecule has 0 radical (unpaired) electrons. The first-order valence-corrected chi connectivity index (χ1v) is 19.0. The predicted octanol–water partition coefficient (Wildman–Crippen LogP) is 5.01. The lowest BCUT2D eigenvalue weighted by Gasteiger charge is -2.39. The second kappa shape index (κ2) is 17.4. The van der Waals surface area contributed by atoms with E-state index >= 15 is 0 Å². The SMILES string of the molecule is CCOc1ccc(S(=O)(=O)N(C)OC)cc1C1=N[C@@H](c2ccc(Cl)cc2)[C@@H](c2ccc(Cl)cc2)N1C(=O)N1CCN(CC(=O)NC(C)COC)CC1. The topological polar surface area (TPSA) is 133 Å². The number of nitrogens with zero attached hydrogens (tertiary/aromatic N) is 5. The Morgan fingerprint density at radius 1 is 0.962 bits per heavy atom. The number of rotatable bonds is 13. The van der Waals surface area contributed by atoms with Crippen LogP contribution in [0.4, 0.5) is 4.79 Å². The number of aliphatic imine (C=N–C) groups is 1. The number of hydrogen-bond acceptors (Lipinski definition) is 9. The Morgan fingerprint density at radius 2 is 1.58 bits per heavy atom. The number of hydroxylamine groups is 1. The molecule has 3 amide bonds. The van der Waals surface area contributed by atoms with Gasteiger partial charge in [0.25, 0.3) is 10.0 Å². The summed E-state index contributed by atoms with van der Waals surface area (Å²) in [6.07, 6.45) is 0. The lowest BCUT2D eigenvalue weighted by atomic mass is 9.93. The standard InChI is InChI=1S/C36H44Cl2N6O7S/c1-6-51-31-16-15-29(52(47,48)41(3)50-5)21-30(31)35-40-33(25-7-11-27(37)12-8-25)34(26-9-13-28(38)14-10-26)44(35)36(46)43-19-17-42(18-20-43)22-32(45)39-24(2)23-49-4/h7-16,21,24,33-34H,6,17-20,22-23H2,1-5H3,(H,39,45)/t24?,33-,34+/m0/s1. The van der Waals surface area contributed by atoms with Gasteiger partial charge in [0.05, 0.1) is 43.4 Å². The van der Waals surface area contributed by atoms with E-state index in [4.69, 9.17) is 42.5 Å². The van der Waals surface area contributed by atoms with E-state index < -0.39 is 22.1 Å². The minimum Gasteiger partial charge on any atom is -0.493 e. The fraction of sp³-hybridized carbons (Fsp3) is 0.417. The summed E-state index contributed by atoms with van der Waals surface area (Å²) in [6.45, 7) is 6.17. The maximum absolute atomic E-state index is 14.9. The molecule has 13 nitrogen and oxygen atoms in total. The van der Waals surface area contributed by atoms with Gasteiger partial charge in [0.1, 0.15) is 17.6 Å². The van der Waals surface area contributed by atoms with Crippen LogP contribution in [0, 0.1) is 0 Å². The summed E-state index contributed by atoms with van der Waals surface area (Å²) < 4.78 is 38.8. The highest BCUT2D eigenvalue weighted by Crippen LogP contribution is 2.46. The summed E-state index contributed by atoms with van der Waals surface area (Å²) >= 11 is 12.6. The van der Waals surface area contributed by atoms with E-state index in [2.05, 4.69) is 5.32 Å². The van der Waals surface area contributed by atoms with Crippen molar-refractivity contribution < 1.29 is 32.3 Å². The number of piperazine rings is 1. The van der Waals surface area contributed by atoms with Crippen LogP contribution < -0.4 is 10.1 Å². The summed E-state index contributed by atoms with van der Waals surface area (Å²) in [4.78, 5) is 43.1. The fourth-order valence-corrected chi connectivity index (χ4v) is 7.54. The number of amidine groups is 1. The van der Waals surface area contributed by atoms with Crippen LogP contribution in [0.1, 0.15) is 42.6 Å². The molecular weight excluding hydrogens is 731 g/mol. The maximum atomic E-state index is 14.9. The van der Waals surface area contributed by atoms with Crippen LogP contribution in [-0.2, 0) is 24.4 Å². The van der Waals surface area contributed by atoms with E-state index in [0.717, 1.165) is 15.6 Å². The number of urea groups is 1. The molecule has 1 unspecified atom stereocenters. The number of benzene rings is 3. The average Bonchev–Trinajstić information content (AvgIpc) is 3.52. The van der Waals surface area contributed by atoms with Gasteiger partial charge in [-0.25, -0.2) is 13.2 Å². The van der Waals surface area contributed by atoms with Gasteiger partial charge in [0.15, 0.2) is 0 Å². The molecule has 0 aromatic heterocycles. The number of hydrogen-bond donors (Lipinski definition) is 1. The third kappa shape index (κ3) is 8.88. The fourth-order valence-electron chi connectivity index (χ4n) is 6.29. The summed E-state index contributed by atoms with van der Waals surface area (Å²) in [5.41, 5.74) is 1.87. The maximum Gasteiger partial charge on any atom is 0.326 e. The van der Waals surface area contributed by atoms with Gasteiger partial charge in [-0.05, 0) is 67.4 Å². The molecule has 2 aliphatic rings. The number of sulfonamides is 1. The summed E-state index contributed by atoms with van der Waals surface area (Å²) in [6, 6.07) is 17.2. The zero-order valence-electron chi connectivity index (χ0n) is 29.8. The van der Waals surface area contributed by atoms with E-state index in [1.54, 1.807) is 47.2 Å². The van der Waals surface area contributed by atoms with Gasteiger partial charge in [-0.3, -0.25) is 24.4 Å². The second-order valence-corrected chi connectivity index (χ2v) is 15.3. The molecule has 52 heavy (non-hydrogen) atoms. The highest BCUT2D eigenvalue weighted by Gasteiger charge is 2.45. The first-order chi connectivity index (χ1) is 24.9. The third-order valence-electron chi connectivity index (χ3n) is 8.92. The third-order valence-corrected chi connectivity index (χ3v) is 11.1. The highest BCUT2D eigenvalue weighted by atomic mass is 35.5. The first-order valence-electron chi connectivity index (χ1n) is 16.9. The Balaban J connectivity index is 1.58. The summed E-state index contributed by atoms with van der Waals surface area (Å²) in [7, 11) is 0.0538. The lowest BCUT2D eigenvalue weighted by molar-refractivity contribution is -0.123. The number of carbonyl (C=O) groups is 2. The molecule has 1 saturated heterocycles. The zero-order valence-corrected chi connectivity index (χ0v) is 32.1. The lowest BCUT2D eigenvalue weighted by Crippen LogP contribution is -2.55. The van der Waals surface area contributed by atoms with Gasteiger partial charge >= 0.3 is 6.03 Å². The minimum atomic E-state index is -4.09. The largest absolute Gasteiger partial charge is 0.493 e. The molecule has 0 aliphatic carbocycles. The molecule has 0 saturated carbocycles. The Morgan fingerprint density at radius 3 is 2.15 bits per heavy atom. The number of carbonyl (C=O) groups excluding carboxylic acids is 2. The number of methoxy groups -OCH3 is 1. The van der Waals surface area contributed by atoms with Crippen molar-refractivity contribution in [2.24, 2.45) is 4.99 Å². The van der Waals surface area contributed by atoms with Crippen LogP contribution in [0.2, 0.25) is 10.0 Å². The molecular formula is C36H44Cl2N6O7S. The number of amides is 3. The van der Waals surface area contributed by atoms with Crippen LogP contribution in [0.5, 0.6) is 5.75 Å². The normalized spacial score (nSPS) is 18.7. The zero-order chi connectivity index (χ0) is 37.6. The van der Waals surface area contributed by atoms with Crippen molar-refractivity contribution in [3.63, 3.8) is 0 Å². The predicted molar refractivity (Wildman–Crippen MR) is 199 cm³/mol. The Bertz CT molecular complexity index is 1860. The van der Waals surface area contributed by atoms with Crippen molar-refractivity contribution in [2.75, 3.05) is 67.2 Å². The van der Waals surface area contributed by atoms with Gasteiger partial charge < -0.3 is 19.7 Å². The van der Waals surface area contributed by atoms with Crippen molar-refractivity contribution in [3.05, 3.63) is 93.5 Å². The first kappa shape index (κ1) is 39.4. The number of ether oxygens (including phenoxy) is 2. The van der Waals surface area contributed by atoms with E-state index in [1.165, 1.54) is 26.3 Å². The minimum absolute atomic E-state index is 0.0740. The Labute approximate surface area is 315 Å². The number of halogens is 2. The molecule has 1 fully saturated rings. The van der Waals surface area contributed by atoms with Gasteiger partial charge in [-0.2, -0.15) is 0 Å². The highest BCUT2D eigenvalue weighted by molar-refractivity contribution is 7.89. The molecule has 2 aliphatic heterocycles. The Hall–Kier alpha value is -3.76. The molecule has 0 spiro atoms. The molecule has 3 atom stereocenters. The molecule has 0 bridgehead atoms. The monoisotopic (exact) mass is 774 g/mol. The molecule has 3 aromatic rings. The van der Waals surface area contributed by atoms with Crippen LogP contribution in [0.25, 0.3) is 0 Å². The van der Waals surface area contributed by atoms with Crippen molar-refractivity contribution in [1.82, 2.24) is 24.5 Å². The van der Waals surface area contributed by atoms with Gasteiger partial charge in [0, 0.05) is 56.4 Å². The second-order valence-electron chi connectivity index (χ2n) is 12.5. The molecule has 3 aromatic carbocycles. The van der Waals surface area contributed by atoms with Crippen LogP contribution >= 0.6 is 23.2 Å². The van der Waals surface area contributed by atoms with Crippen molar-refractivity contribution in [3.8, 4) is 5.75 Å². The smallest absolute Gasteiger partial charge is 0.326 e. The van der Waals surface area contributed by atoms with Crippen molar-refractivity contribution >= 4 is 51.0 Å². The molecule has 280 valence electrons. The Kier molecular flexibility index (Phi) is 13.2. The summed E-state index contributed by atoms with van der Waals surface area (Å²) in [5.74, 6) is 0.465.